The van der Waals surface area contributed by atoms with Crippen molar-refractivity contribution in [2.75, 3.05) is 13.1 Å². The number of likely N-dealkylation sites (N-methyl/N-ethyl adjacent to an activating group) is 1. The second-order valence-electron chi connectivity index (χ2n) is 6.67. The quantitative estimate of drug-likeness (QED) is 0.521. The van der Waals surface area contributed by atoms with Crippen molar-refractivity contribution in [1.29, 1.82) is 0 Å². The van der Waals surface area contributed by atoms with Crippen molar-refractivity contribution in [3.8, 4) is 0 Å². The molecule has 27 heavy (non-hydrogen) atoms. The van der Waals surface area contributed by atoms with Gasteiger partial charge in [0.15, 0.2) is 6.10 Å². The summed E-state index contributed by atoms with van der Waals surface area (Å²) in [6.07, 6.45) is 0.0147. The van der Waals surface area contributed by atoms with Gasteiger partial charge >= 0.3 is 12.0 Å². The molecule has 0 bridgehead atoms. The SMILES string of the molecule is CCNC(=O)[C@H](C)OC(=O)CN1C(=O)N[C@](C)(CCc2ccccc2)C1=O. The van der Waals surface area contributed by atoms with Crippen LogP contribution >= 0.6 is 0 Å². The summed E-state index contributed by atoms with van der Waals surface area (Å²) in [5.41, 5.74) is -0.0345. The average Bonchev–Trinajstić information content (AvgIpc) is 2.84. The maximum Gasteiger partial charge on any atom is 0.327 e. The van der Waals surface area contributed by atoms with Crippen LogP contribution in [-0.4, -0.2) is 53.4 Å². The van der Waals surface area contributed by atoms with Gasteiger partial charge in [0.05, 0.1) is 0 Å². The van der Waals surface area contributed by atoms with E-state index in [1.165, 1.54) is 6.92 Å². The van der Waals surface area contributed by atoms with Crippen LogP contribution in [0.3, 0.4) is 0 Å². The van der Waals surface area contributed by atoms with Crippen molar-refractivity contribution < 1.29 is 23.9 Å². The molecule has 1 aliphatic heterocycles. The molecule has 146 valence electrons. The molecule has 1 aromatic rings. The fraction of sp³-hybridized carbons (Fsp3) is 0.474. The number of hydrogen-bond donors (Lipinski definition) is 2. The largest absolute Gasteiger partial charge is 0.451 e. The van der Waals surface area contributed by atoms with Crippen LogP contribution in [0.4, 0.5) is 4.79 Å². The highest BCUT2D eigenvalue weighted by Gasteiger charge is 2.48. The lowest BCUT2D eigenvalue weighted by atomic mass is 9.93. The Morgan fingerprint density at radius 1 is 1.26 bits per heavy atom. The molecule has 8 heteroatoms. The van der Waals surface area contributed by atoms with Crippen LogP contribution in [0.15, 0.2) is 30.3 Å². The van der Waals surface area contributed by atoms with E-state index in [-0.39, 0.29) is 0 Å². The monoisotopic (exact) mass is 375 g/mol. The number of carbonyl (C=O) groups excluding carboxylic acids is 4. The highest BCUT2D eigenvalue weighted by molar-refractivity contribution is 6.08. The van der Waals surface area contributed by atoms with Crippen LogP contribution in [-0.2, 0) is 25.5 Å². The van der Waals surface area contributed by atoms with Crippen molar-refractivity contribution in [3.05, 3.63) is 35.9 Å². The second-order valence-corrected chi connectivity index (χ2v) is 6.67. The van der Waals surface area contributed by atoms with Crippen LogP contribution in [0.1, 0.15) is 32.8 Å². The molecular weight excluding hydrogens is 350 g/mol. The predicted molar refractivity (Wildman–Crippen MR) is 97.7 cm³/mol. The molecule has 2 N–H and O–H groups in total. The summed E-state index contributed by atoms with van der Waals surface area (Å²) in [5.74, 6) is -1.73. The first kappa shape index (κ1) is 20.4. The number of imide groups is 1. The van der Waals surface area contributed by atoms with Gasteiger partial charge in [0, 0.05) is 6.54 Å². The van der Waals surface area contributed by atoms with E-state index in [4.69, 9.17) is 4.74 Å². The molecule has 0 radical (unpaired) electrons. The van der Waals surface area contributed by atoms with Crippen LogP contribution in [0, 0.1) is 0 Å². The molecule has 0 saturated carbocycles. The minimum absolute atomic E-state index is 0.405. The molecule has 0 aromatic heterocycles. The summed E-state index contributed by atoms with van der Waals surface area (Å²) in [6.45, 7) is 4.69. The van der Waals surface area contributed by atoms with Crippen LogP contribution in [0.5, 0.6) is 0 Å². The summed E-state index contributed by atoms with van der Waals surface area (Å²) >= 11 is 0. The number of esters is 1. The number of benzene rings is 1. The summed E-state index contributed by atoms with van der Waals surface area (Å²) in [7, 11) is 0. The van der Waals surface area contributed by atoms with Gasteiger partial charge in [0.2, 0.25) is 0 Å². The number of hydrogen-bond acceptors (Lipinski definition) is 5. The van der Waals surface area contributed by atoms with E-state index >= 15 is 0 Å². The second kappa shape index (κ2) is 8.66. The Bertz CT molecular complexity index is 721. The number of nitrogens with zero attached hydrogens (tertiary/aromatic N) is 1. The third-order valence-electron chi connectivity index (χ3n) is 4.42. The minimum Gasteiger partial charge on any atom is -0.451 e. The number of rotatable bonds is 8. The van der Waals surface area contributed by atoms with Gasteiger partial charge in [-0.3, -0.25) is 19.3 Å². The standard InChI is InChI=1S/C19H25N3O5/c1-4-20-16(24)13(2)27-15(23)12-22-17(25)19(3,21-18(22)26)11-10-14-8-6-5-7-9-14/h5-9,13H,4,10-12H2,1-3H3,(H,20,24)(H,21,26)/t13-,19+/m0/s1. The topological polar surface area (TPSA) is 105 Å². The van der Waals surface area contributed by atoms with Gasteiger partial charge in [-0.2, -0.15) is 0 Å². The zero-order valence-corrected chi connectivity index (χ0v) is 15.8. The number of nitrogens with one attached hydrogen (secondary N) is 2. The molecule has 2 atom stereocenters. The summed E-state index contributed by atoms with van der Waals surface area (Å²) in [4.78, 5) is 49.3. The summed E-state index contributed by atoms with van der Waals surface area (Å²) < 4.78 is 5.00. The maximum absolute atomic E-state index is 12.7. The first-order valence-corrected chi connectivity index (χ1v) is 8.92. The van der Waals surface area contributed by atoms with Gasteiger partial charge in [0.25, 0.3) is 11.8 Å². The zero-order chi connectivity index (χ0) is 20.0. The maximum atomic E-state index is 12.7. The number of aryl methyl sites for hydroxylation is 1. The highest BCUT2D eigenvalue weighted by atomic mass is 16.5. The number of ether oxygens (including phenoxy) is 1. The fourth-order valence-electron chi connectivity index (χ4n) is 2.83. The lowest BCUT2D eigenvalue weighted by molar-refractivity contribution is -0.156. The normalized spacial score (nSPS) is 20.2. The molecule has 1 aromatic carbocycles. The molecule has 4 amide bonds. The van der Waals surface area contributed by atoms with Crippen molar-refractivity contribution >= 4 is 23.8 Å². The van der Waals surface area contributed by atoms with Crippen molar-refractivity contribution in [2.45, 2.75) is 45.3 Å². The third kappa shape index (κ3) is 5.06. The first-order valence-electron chi connectivity index (χ1n) is 8.92. The summed E-state index contributed by atoms with van der Waals surface area (Å²) in [5, 5.41) is 5.18. The molecular formula is C19H25N3O5. The Balaban J connectivity index is 1.94. The smallest absolute Gasteiger partial charge is 0.327 e. The highest BCUT2D eigenvalue weighted by Crippen LogP contribution is 2.23. The molecule has 2 rings (SSSR count). The van der Waals surface area contributed by atoms with Gasteiger partial charge in [-0.25, -0.2) is 4.79 Å². The van der Waals surface area contributed by atoms with Crippen LogP contribution in [0.2, 0.25) is 0 Å². The molecule has 8 nitrogen and oxygen atoms in total. The van der Waals surface area contributed by atoms with E-state index < -0.39 is 42.0 Å². The fourth-order valence-corrected chi connectivity index (χ4v) is 2.83. The molecule has 1 saturated heterocycles. The van der Waals surface area contributed by atoms with E-state index in [9.17, 15) is 19.2 Å². The number of carbonyl (C=O) groups is 4. The lowest BCUT2D eigenvalue weighted by Gasteiger charge is -2.21. The zero-order valence-electron chi connectivity index (χ0n) is 15.8. The minimum atomic E-state index is -1.08. The third-order valence-corrected chi connectivity index (χ3v) is 4.42. The van der Waals surface area contributed by atoms with E-state index in [0.29, 0.717) is 19.4 Å². The molecule has 1 fully saturated rings. The van der Waals surface area contributed by atoms with Gasteiger partial charge in [-0.05, 0) is 39.2 Å². The Morgan fingerprint density at radius 3 is 2.56 bits per heavy atom. The van der Waals surface area contributed by atoms with Crippen molar-refractivity contribution in [3.63, 3.8) is 0 Å². The van der Waals surface area contributed by atoms with Crippen LogP contribution < -0.4 is 10.6 Å². The van der Waals surface area contributed by atoms with E-state index in [2.05, 4.69) is 10.6 Å². The Labute approximate surface area is 158 Å². The Kier molecular flexibility index (Phi) is 6.55. The van der Waals surface area contributed by atoms with Crippen LogP contribution in [0.25, 0.3) is 0 Å². The van der Waals surface area contributed by atoms with E-state index in [1.54, 1.807) is 13.8 Å². The predicted octanol–water partition coefficient (Wildman–Crippen LogP) is 0.998. The van der Waals surface area contributed by atoms with E-state index in [1.807, 2.05) is 30.3 Å². The number of urea groups is 1. The van der Waals surface area contributed by atoms with Gasteiger partial charge in [0.1, 0.15) is 12.1 Å². The average molecular weight is 375 g/mol. The van der Waals surface area contributed by atoms with Crippen molar-refractivity contribution in [1.82, 2.24) is 15.5 Å². The Morgan fingerprint density at radius 2 is 1.93 bits per heavy atom. The van der Waals surface area contributed by atoms with Gasteiger partial charge in [-0.1, -0.05) is 30.3 Å². The molecule has 0 aliphatic carbocycles. The van der Waals surface area contributed by atoms with E-state index in [0.717, 1.165) is 10.5 Å². The number of amides is 4. The first-order chi connectivity index (χ1) is 12.8. The lowest BCUT2D eigenvalue weighted by Crippen LogP contribution is -2.45. The van der Waals surface area contributed by atoms with Gasteiger partial charge < -0.3 is 15.4 Å². The molecule has 1 heterocycles. The van der Waals surface area contributed by atoms with Gasteiger partial charge in [-0.15, -0.1) is 0 Å². The molecule has 0 spiro atoms. The van der Waals surface area contributed by atoms with Crippen molar-refractivity contribution in [2.24, 2.45) is 0 Å². The molecule has 0 unspecified atom stereocenters. The molecule has 1 aliphatic rings. The Hall–Kier alpha value is -2.90. The summed E-state index contributed by atoms with van der Waals surface area (Å²) in [6, 6.07) is 8.97.